The minimum absolute atomic E-state index is 0.204. The molecule has 18 heavy (non-hydrogen) atoms. The van der Waals surface area contributed by atoms with Crippen molar-refractivity contribution < 1.29 is 19.4 Å². The van der Waals surface area contributed by atoms with Gasteiger partial charge in [0.1, 0.15) is 6.10 Å². The molecule has 1 N–H and O–H groups in total. The predicted octanol–water partition coefficient (Wildman–Crippen LogP) is 2.53. The fourth-order valence-corrected chi connectivity index (χ4v) is 3.77. The lowest BCUT2D eigenvalue weighted by molar-refractivity contribution is -0.150. The van der Waals surface area contributed by atoms with Gasteiger partial charge < -0.3 is 9.84 Å². The maximum Gasteiger partial charge on any atom is 0.311 e. The predicted molar refractivity (Wildman–Crippen MR) is 66.0 cm³/mol. The van der Waals surface area contributed by atoms with Gasteiger partial charge in [0.25, 0.3) is 0 Å². The van der Waals surface area contributed by atoms with Gasteiger partial charge in [-0.05, 0) is 37.7 Å². The summed E-state index contributed by atoms with van der Waals surface area (Å²) in [5, 5.41) is 9.45. The van der Waals surface area contributed by atoms with Crippen LogP contribution in [0.3, 0.4) is 0 Å². The number of hydrogen-bond acceptors (Lipinski definition) is 3. The number of esters is 1. The first-order chi connectivity index (χ1) is 8.44. The molecule has 0 saturated heterocycles. The number of carboxylic acids is 1. The number of aliphatic carboxylic acids is 1. The molecule has 2 aliphatic carbocycles. The Kier molecular flexibility index (Phi) is 3.46. The number of carbonyl (C=O) groups excluding carboxylic acids is 1. The lowest BCUT2D eigenvalue weighted by atomic mass is 9.64. The van der Waals surface area contributed by atoms with Gasteiger partial charge in [-0.25, -0.2) is 0 Å². The zero-order valence-electron chi connectivity index (χ0n) is 10.9. The maximum absolute atomic E-state index is 11.5. The molecule has 2 rings (SSSR count). The minimum atomic E-state index is -0.744. The molecule has 0 aromatic rings. The van der Waals surface area contributed by atoms with E-state index in [9.17, 15) is 14.7 Å². The van der Waals surface area contributed by atoms with Crippen molar-refractivity contribution in [2.24, 2.45) is 11.3 Å². The molecule has 2 aliphatic rings. The first-order valence-electron chi connectivity index (χ1n) is 6.53. The Labute approximate surface area is 107 Å². The molecular formula is C14H20O4. The highest BCUT2D eigenvalue weighted by Crippen LogP contribution is 2.53. The van der Waals surface area contributed by atoms with Crippen LogP contribution in [-0.2, 0) is 14.3 Å². The van der Waals surface area contributed by atoms with E-state index >= 15 is 0 Å². The summed E-state index contributed by atoms with van der Waals surface area (Å²) in [6.07, 6.45) is 6.20. The van der Waals surface area contributed by atoms with Gasteiger partial charge in [0, 0.05) is 6.92 Å². The first kappa shape index (κ1) is 13.1. The van der Waals surface area contributed by atoms with Crippen LogP contribution in [0.2, 0.25) is 0 Å². The third kappa shape index (κ3) is 2.28. The van der Waals surface area contributed by atoms with E-state index in [4.69, 9.17) is 4.74 Å². The van der Waals surface area contributed by atoms with Crippen molar-refractivity contribution in [1.82, 2.24) is 0 Å². The molecule has 0 amide bonds. The Hall–Kier alpha value is -1.32. The summed E-state index contributed by atoms with van der Waals surface area (Å²) in [5.74, 6) is -1.45. The number of hydrogen-bond donors (Lipinski definition) is 1. The fraction of sp³-hybridized carbons (Fsp3) is 0.714. The van der Waals surface area contributed by atoms with E-state index in [1.165, 1.54) is 6.92 Å². The Morgan fingerprint density at radius 2 is 2.00 bits per heavy atom. The number of ether oxygens (including phenoxy) is 1. The summed E-state index contributed by atoms with van der Waals surface area (Å²) in [5.41, 5.74) is 0.632. The van der Waals surface area contributed by atoms with E-state index in [1.54, 1.807) is 0 Å². The number of carbonyl (C=O) groups is 2. The molecule has 4 heteroatoms. The van der Waals surface area contributed by atoms with Crippen molar-refractivity contribution in [1.29, 1.82) is 0 Å². The highest BCUT2D eigenvalue weighted by Gasteiger charge is 2.49. The summed E-state index contributed by atoms with van der Waals surface area (Å²) in [6, 6.07) is 0. The molecule has 0 aromatic carbocycles. The van der Waals surface area contributed by atoms with Gasteiger partial charge in [0.15, 0.2) is 0 Å². The van der Waals surface area contributed by atoms with Gasteiger partial charge in [-0.15, -0.1) is 0 Å². The van der Waals surface area contributed by atoms with E-state index in [1.807, 2.05) is 13.0 Å². The van der Waals surface area contributed by atoms with Crippen LogP contribution in [0.4, 0.5) is 0 Å². The molecule has 0 radical (unpaired) electrons. The summed E-state index contributed by atoms with van der Waals surface area (Å²) >= 11 is 0. The molecule has 0 aromatic heterocycles. The second kappa shape index (κ2) is 4.75. The number of rotatable bonds is 2. The molecule has 1 saturated carbocycles. The van der Waals surface area contributed by atoms with Crippen LogP contribution in [0.15, 0.2) is 11.6 Å². The lowest BCUT2D eigenvalue weighted by Gasteiger charge is -2.41. The van der Waals surface area contributed by atoms with E-state index < -0.39 is 11.9 Å². The standard InChI is InChI=1S/C14H20O4/c1-9-7-11(18-10(2)15)8-14(5-3-4-6-14)12(9)13(16)17/h7,11-12H,3-6,8H2,1-2H3,(H,16,17). The molecule has 4 nitrogen and oxygen atoms in total. The quantitative estimate of drug-likeness (QED) is 0.606. The van der Waals surface area contributed by atoms with Crippen molar-refractivity contribution in [3.8, 4) is 0 Å². The monoisotopic (exact) mass is 252 g/mol. The first-order valence-corrected chi connectivity index (χ1v) is 6.53. The van der Waals surface area contributed by atoms with E-state index in [0.29, 0.717) is 6.42 Å². The van der Waals surface area contributed by atoms with Crippen molar-refractivity contribution in [2.45, 2.75) is 52.1 Å². The summed E-state index contributed by atoms with van der Waals surface area (Å²) in [7, 11) is 0. The molecule has 0 aliphatic heterocycles. The molecule has 1 fully saturated rings. The van der Waals surface area contributed by atoms with Crippen LogP contribution in [0.5, 0.6) is 0 Å². The summed E-state index contributed by atoms with van der Waals surface area (Å²) in [4.78, 5) is 22.6. The molecule has 0 heterocycles. The largest absolute Gasteiger partial charge is 0.481 e. The molecule has 1 spiro atoms. The van der Waals surface area contributed by atoms with Crippen molar-refractivity contribution in [2.75, 3.05) is 0 Å². The summed E-state index contributed by atoms with van der Waals surface area (Å²) in [6.45, 7) is 3.24. The normalized spacial score (nSPS) is 30.0. The third-order valence-corrected chi connectivity index (χ3v) is 4.29. The van der Waals surface area contributed by atoms with Crippen LogP contribution in [-0.4, -0.2) is 23.1 Å². The average Bonchev–Trinajstić information content (AvgIpc) is 2.63. The molecule has 100 valence electrons. The maximum atomic E-state index is 11.5. The van der Waals surface area contributed by atoms with E-state index in [-0.39, 0.29) is 17.5 Å². The van der Waals surface area contributed by atoms with E-state index in [0.717, 1.165) is 31.3 Å². The molecular weight excluding hydrogens is 232 g/mol. The van der Waals surface area contributed by atoms with E-state index in [2.05, 4.69) is 0 Å². The highest BCUT2D eigenvalue weighted by molar-refractivity contribution is 5.75. The Bertz CT molecular complexity index is 391. The van der Waals surface area contributed by atoms with Crippen molar-refractivity contribution >= 4 is 11.9 Å². The van der Waals surface area contributed by atoms with Gasteiger partial charge in [-0.2, -0.15) is 0 Å². The van der Waals surface area contributed by atoms with Crippen molar-refractivity contribution in [3.05, 3.63) is 11.6 Å². The number of carboxylic acid groups (broad SMARTS) is 1. The third-order valence-electron chi connectivity index (χ3n) is 4.29. The lowest BCUT2D eigenvalue weighted by Crippen LogP contribution is -2.41. The van der Waals surface area contributed by atoms with Crippen LogP contribution < -0.4 is 0 Å². The topological polar surface area (TPSA) is 63.6 Å². The fourth-order valence-electron chi connectivity index (χ4n) is 3.77. The second-order valence-corrected chi connectivity index (χ2v) is 5.60. The average molecular weight is 252 g/mol. The van der Waals surface area contributed by atoms with Crippen LogP contribution in [0, 0.1) is 11.3 Å². The SMILES string of the molecule is CC(=O)OC1C=C(C)C(C(=O)O)C2(CCCC2)C1. The highest BCUT2D eigenvalue weighted by atomic mass is 16.5. The van der Waals surface area contributed by atoms with Gasteiger partial charge in [0.05, 0.1) is 5.92 Å². The van der Waals surface area contributed by atoms with Gasteiger partial charge in [-0.3, -0.25) is 9.59 Å². The molecule has 2 unspecified atom stereocenters. The molecule has 0 bridgehead atoms. The van der Waals surface area contributed by atoms with Crippen molar-refractivity contribution in [3.63, 3.8) is 0 Å². The van der Waals surface area contributed by atoms with Crippen LogP contribution in [0.25, 0.3) is 0 Å². The Morgan fingerprint density at radius 1 is 1.39 bits per heavy atom. The second-order valence-electron chi connectivity index (χ2n) is 5.60. The minimum Gasteiger partial charge on any atom is -0.481 e. The Morgan fingerprint density at radius 3 is 2.50 bits per heavy atom. The zero-order chi connectivity index (χ0) is 13.3. The van der Waals surface area contributed by atoms with Crippen LogP contribution >= 0.6 is 0 Å². The Balaban J connectivity index is 2.30. The van der Waals surface area contributed by atoms with Gasteiger partial charge >= 0.3 is 11.9 Å². The summed E-state index contributed by atoms with van der Waals surface area (Å²) < 4.78 is 5.27. The smallest absolute Gasteiger partial charge is 0.311 e. The van der Waals surface area contributed by atoms with Crippen LogP contribution in [0.1, 0.15) is 46.0 Å². The van der Waals surface area contributed by atoms with Gasteiger partial charge in [-0.1, -0.05) is 18.4 Å². The zero-order valence-corrected chi connectivity index (χ0v) is 10.9. The molecule has 2 atom stereocenters. The van der Waals surface area contributed by atoms with Gasteiger partial charge in [0.2, 0.25) is 0 Å².